The highest BCUT2D eigenvalue weighted by Gasteiger charge is 2.00. The number of rotatable bonds is 7. The van der Waals surface area contributed by atoms with Gasteiger partial charge in [-0.15, -0.1) is 11.8 Å². The van der Waals surface area contributed by atoms with Gasteiger partial charge >= 0.3 is 0 Å². The third-order valence-corrected chi connectivity index (χ3v) is 3.54. The van der Waals surface area contributed by atoms with Gasteiger partial charge in [0.25, 0.3) is 0 Å². The van der Waals surface area contributed by atoms with Crippen molar-refractivity contribution < 1.29 is 0 Å². The molecule has 16 heavy (non-hydrogen) atoms. The fraction of sp³-hybridized carbons (Fsp3) is 0.583. The van der Waals surface area contributed by atoms with Crippen LogP contribution in [0.4, 0.5) is 0 Å². The number of nitrogens with one attached hydrogen (secondary N) is 1. The fourth-order valence-electron chi connectivity index (χ4n) is 1.46. The van der Waals surface area contributed by atoms with E-state index < -0.39 is 0 Å². The van der Waals surface area contributed by atoms with E-state index in [1.54, 1.807) is 18.0 Å². The lowest BCUT2D eigenvalue weighted by atomic mass is 10.2. The largest absolute Gasteiger partial charge is 0.315 e. The van der Waals surface area contributed by atoms with Crippen LogP contribution in [0, 0.1) is 0 Å². The molecular formula is C12H19ClN2S. The molecule has 0 amide bonds. The topological polar surface area (TPSA) is 24.9 Å². The van der Waals surface area contributed by atoms with Crippen LogP contribution in [-0.4, -0.2) is 23.3 Å². The van der Waals surface area contributed by atoms with Gasteiger partial charge < -0.3 is 5.32 Å². The van der Waals surface area contributed by atoms with E-state index in [-0.39, 0.29) is 0 Å². The molecule has 1 aromatic heterocycles. The minimum atomic E-state index is 0.615. The van der Waals surface area contributed by atoms with Crippen molar-refractivity contribution in [2.75, 3.05) is 12.3 Å². The number of aromatic nitrogens is 1. The third-order valence-electron chi connectivity index (χ3n) is 2.28. The van der Waals surface area contributed by atoms with Crippen LogP contribution in [0.1, 0.15) is 26.7 Å². The molecule has 1 unspecified atom stereocenters. The van der Waals surface area contributed by atoms with E-state index in [0.717, 1.165) is 17.3 Å². The summed E-state index contributed by atoms with van der Waals surface area (Å²) in [7, 11) is 0. The van der Waals surface area contributed by atoms with Crippen molar-refractivity contribution >= 4 is 23.4 Å². The average molecular weight is 259 g/mol. The molecule has 0 fully saturated rings. The monoisotopic (exact) mass is 258 g/mol. The van der Waals surface area contributed by atoms with E-state index in [1.165, 1.54) is 12.8 Å². The molecule has 1 atom stereocenters. The molecule has 90 valence electrons. The number of pyridine rings is 1. The summed E-state index contributed by atoms with van der Waals surface area (Å²) in [5, 5.41) is 5.16. The summed E-state index contributed by atoms with van der Waals surface area (Å²) >= 11 is 7.56. The first-order valence-corrected chi connectivity index (χ1v) is 7.06. The lowest BCUT2D eigenvalue weighted by Crippen LogP contribution is -2.25. The first-order valence-electron chi connectivity index (χ1n) is 5.70. The highest BCUT2D eigenvalue weighted by molar-refractivity contribution is 7.99. The van der Waals surface area contributed by atoms with Crippen LogP contribution in [0.2, 0.25) is 5.02 Å². The van der Waals surface area contributed by atoms with Gasteiger partial charge in [0.05, 0.1) is 10.0 Å². The number of nitrogens with zero attached hydrogens (tertiary/aromatic N) is 1. The number of hydrogen-bond acceptors (Lipinski definition) is 3. The molecule has 0 aromatic carbocycles. The van der Waals surface area contributed by atoms with E-state index in [1.807, 2.05) is 12.1 Å². The summed E-state index contributed by atoms with van der Waals surface area (Å²) in [6.07, 6.45) is 4.13. The summed E-state index contributed by atoms with van der Waals surface area (Å²) in [6.45, 7) is 5.42. The minimum absolute atomic E-state index is 0.615. The van der Waals surface area contributed by atoms with Gasteiger partial charge in [-0.05, 0) is 44.2 Å². The Kier molecular flexibility index (Phi) is 6.85. The number of hydrogen-bond donors (Lipinski definition) is 1. The van der Waals surface area contributed by atoms with Crippen molar-refractivity contribution in [3.8, 4) is 0 Å². The first-order chi connectivity index (χ1) is 7.72. The normalized spacial score (nSPS) is 12.7. The van der Waals surface area contributed by atoms with Gasteiger partial charge in [0.1, 0.15) is 0 Å². The highest BCUT2D eigenvalue weighted by Crippen LogP contribution is 2.18. The second kappa shape index (κ2) is 7.93. The zero-order chi connectivity index (χ0) is 11.8. The Hall–Kier alpha value is -0.250. The second-order valence-corrected chi connectivity index (χ2v) is 5.32. The van der Waals surface area contributed by atoms with Gasteiger partial charge in [0.15, 0.2) is 0 Å². The van der Waals surface area contributed by atoms with Crippen LogP contribution < -0.4 is 5.32 Å². The Balaban J connectivity index is 2.13. The van der Waals surface area contributed by atoms with Crippen LogP contribution in [0.25, 0.3) is 0 Å². The molecule has 1 N–H and O–H groups in total. The van der Waals surface area contributed by atoms with E-state index in [9.17, 15) is 0 Å². The number of thioether (sulfide) groups is 1. The Morgan fingerprint density at radius 2 is 2.31 bits per heavy atom. The predicted molar refractivity (Wildman–Crippen MR) is 72.3 cm³/mol. The van der Waals surface area contributed by atoms with Gasteiger partial charge in [-0.25, -0.2) is 4.98 Å². The number of halogens is 1. The molecule has 1 heterocycles. The van der Waals surface area contributed by atoms with Gasteiger partial charge in [0, 0.05) is 12.2 Å². The summed E-state index contributed by atoms with van der Waals surface area (Å²) < 4.78 is 0. The molecule has 0 aliphatic heterocycles. The molecule has 0 saturated heterocycles. The van der Waals surface area contributed by atoms with Crippen molar-refractivity contribution in [1.29, 1.82) is 0 Å². The molecule has 0 radical (unpaired) electrons. The molecule has 0 spiro atoms. The van der Waals surface area contributed by atoms with Crippen molar-refractivity contribution in [3.63, 3.8) is 0 Å². The maximum Gasteiger partial charge on any atom is 0.0960 e. The summed E-state index contributed by atoms with van der Waals surface area (Å²) in [4.78, 5) is 4.25. The van der Waals surface area contributed by atoms with E-state index >= 15 is 0 Å². The van der Waals surface area contributed by atoms with Gasteiger partial charge in [-0.3, -0.25) is 0 Å². The first kappa shape index (κ1) is 13.8. The van der Waals surface area contributed by atoms with E-state index in [4.69, 9.17) is 11.6 Å². The minimum Gasteiger partial charge on any atom is -0.315 e. The molecule has 0 aliphatic carbocycles. The van der Waals surface area contributed by atoms with Crippen LogP contribution in [0.15, 0.2) is 23.4 Å². The van der Waals surface area contributed by atoms with E-state index in [2.05, 4.69) is 24.1 Å². The zero-order valence-electron chi connectivity index (χ0n) is 9.87. The standard InChI is InChI=1S/C12H19ClN2S/c1-3-14-10(2)5-4-8-16-12-7-6-11(13)9-15-12/h6-7,9-10,14H,3-5,8H2,1-2H3. The third kappa shape index (κ3) is 5.73. The molecule has 4 heteroatoms. The average Bonchev–Trinajstić information content (AvgIpc) is 2.27. The highest BCUT2D eigenvalue weighted by atomic mass is 35.5. The van der Waals surface area contributed by atoms with Gasteiger partial charge in [-0.2, -0.15) is 0 Å². The Labute approximate surface area is 107 Å². The lowest BCUT2D eigenvalue weighted by Gasteiger charge is -2.11. The fourth-order valence-corrected chi connectivity index (χ4v) is 2.39. The Bertz CT molecular complexity index is 290. The van der Waals surface area contributed by atoms with Crippen LogP contribution >= 0.6 is 23.4 Å². The molecule has 2 nitrogen and oxygen atoms in total. The quantitative estimate of drug-likeness (QED) is 0.598. The molecular weight excluding hydrogens is 240 g/mol. The predicted octanol–water partition coefficient (Wildman–Crippen LogP) is 3.61. The molecule has 0 bridgehead atoms. The summed E-state index contributed by atoms with van der Waals surface area (Å²) in [5.74, 6) is 1.12. The van der Waals surface area contributed by atoms with Crippen LogP contribution in [0.3, 0.4) is 0 Å². The SMILES string of the molecule is CCNC(C)CCCSc1ccc(Cl)cn1. The summed E-state index contributed by atoms with van der Waals surface area (Å²) in [5.41, 5.74) is 0. The Morgan fingerprint density at radius 3 is 2.94 bits per heavy atom. The van der Waals surface area contributed by atoms with E-state index in [0.29, 0.717) is 11.1 Å². The Morgan fingerprint density at radius 1 is 1.50 bits per heavy atom. The molecule has 0 saturated carbocycles. The van der Waals surface area contributed by atoms with Crippen LogP contribution in [-0.2, 0) is 0 Å². The molecule has 1 aromatic rings. The van der Waals surface area contributed by atoms with Crippen molar-refractivity contribution in [2.45, 2.75) is 37.8 Å². The van der Waals surface area contributed by atoms with Gasteiger partial charge in [0.2, 0.25) is 0 Å². The van der Waals surface area contributed by atoms with Crippen molar-refractivity contribution in [1.82, 2.24) is 10.3 Å². The summed E-state index contributed by atoms with van der Waals surface area (Å²) in [6, 6.07) is 4.47. The van der Waals surface area contributed by atoms with Gasteiger partial charge in [-0.1, -0.05) is 18.5 Å². The molecule has 0 aliphatic rings. The maximum atomic E-state index is 5.77. The smallest absolute Gasteiger partial charge is 0.0960 e. The lowest BCUT2D eigenvalue weighted by molar-refractivity contribution is 0.526. The maximum absolute atomic E-state index is 5.77. The second-order valence-electron chi connectivity index (χ2n) is 3.76. The van der Waals surface area contributed by atoms with Crippen molar-refractivity contribution in [3.05, 3.63) is 23.4 Å². The van der Waals surface area contributed by atoms with Crippen LogP contribution in [0.5, 0.6) is 0 Å². The van der Waals surface area contributed by atoms with Crippen molar-refractivity contribution in [2.24, 2.45) is 0 Å². The molecule has 1 rings (SSSR count). The zero-order valence-corrected chi connectivity index (χ0v) is 11.4.